The first-order chi connectivity index (χ1) is 10.1. The highest BCUT2D eigenvalue weighted by atomic mass is 19.2. The van der Waals surface area contributed by atoms with Gasteiger partial charge in [0.25, 0.3) is 5.91 Å². The maximum Gasteiger partial charge on any atom is 0.255 e. The maximum atomic E-state index is 13.1. The van der Waals surface area contributed by atoms with Crippen LogP contribution in [0.5, 0.6) is 5.75 Å². The largest absolute Gasteiger partial charge is 0.479 e. The fourth-order valence-corrected chi connectivity index (χ4v) is 1.62. The number of nitrogens with zero attached hydrogens (tertiary/aromatic N) is 1. The number of hydrogen-bond donors (Lipinski definition) is 1. The monoisotopic (exact) mass is 288 g/mol. The number of ether oxygens (including phenoxy) is 1. The Kier molecular flexibility index (Phi) is 4.46. The van der Waals surface area contributed by atoms with Gasteiger partial charge < -0.3 is 10.1 Å². The normalized spacial score (nSPS) is 9.76. The molecule has 0 fully saturated rings. The van der Waals surface area contributed by atoms with Crippen molar-refractivity contribution in [1.82, 2.24) is 0 Å². The third-order valence-corrected chi connectivity index (χ3v) is 2.58. The van der Waals surface area contributed by atoms with Crippen molar-refractivity contribution >= 4 is 11.6 Å². The predicted molar refractivity (Wildman–Crippen MR) is 71.9 cm³/mol. The Morgan fingerprint density at radius 3 is 2.71 bits per heavy atom. The zero-order valence-corrected chi connectivity index (χ0v) is 10.8. The van der Waals surface area contributed by atoms with Gasteiger partial charge in [0.1, 0.15) is 11.8 Å². The van der Waals surface area contributed by atoms with Gasteiger partial charge in [-0.25, -0.2) is 8.78 Å². The van der Waals surface area contributed by atoms with Gasteiger partial charge in [0, 0.05) is 17.3 Å². The van der Waals surface area contributed by atoms with Crippen molar-refractivity contribution in [2.75, 3.05) is 11.9 Å². The number of anilines is 1. The van der Waals surface area contributed by atoms with Gasteiger partial charge in [0.05, 0.1) is 0 Å². The van der Waals surface area contributed by atoms with Crippen molar-refractivity contribution in [2.45, 2.75) is 0 Å². The van der Waals surface area contributed by atoms with Gasteiger partial charge in [0.2, 0.25) is 0 Å². The first kappa shape index (κ1) is 14.5. The van der Waals surface area contributed by atoms with Crippen molar-refractivity contribution in [3.63, 3.8) is 0 Å². The molecule has 0 atom stereocenters. The van der Waals surface area contributed by atoms with Crippen molar-refractivity contribution in [2.24, 2.45) is 0 Å². The number of carbonyl (C=O) groups excluding carboxylic acids is 1. The molecule has 0 aliphatic carbocycles. The number of halogens is 2. The number of carbonyl (C=O) groups is 1. The minimum absolute atomic E-state index is 0.00255. The molecule has 0 aliphatic heterocycles. The van der Waals surface area contributed by atoms with Gasteiger partial charge in [-0.1, -0.05) is 6.07 Å². The summed E-state index contributed by atoms with van der Waals surface area (Å²) < 4.78 is 31.0. The second-order valence-electron chi connectivity index (χ2n) is 4.06. The standard InChI is InChI=1S/C15H10F2N2O2/c16-13-5-4-10(8-14(13)17)15(20)19-11-2-1-3-12(9-11)21-7-6-18/h1-5,8-9H,7H2,(H,19,20). The number of benzene rings is 2. The van der Waals surface area contributed by atoms with Crippen molar-refractivity contribution < 1.29 is 18.3 Å². The Balaban J connectivity index is 2.12. The zero-order chi connectivity index (χ0) is 15.2. The van der Waals surface area contributed by atoms with Crippen molar-refractivity contribution in [1.29, 1.82) is 5.26 Å². The average Bonchev–Trinajstić information content (AvgIpc) is 2.48. The average molecular weight is 288 g/mol. The van der Waals surface area contributed by atoms with Crippen LogP contribution in [0.3, 0.4) is 0 Å². The fourth-order valence-electron chi connectivity index (χ4n) is 1.62. The van der Waals surface area contributed by atoms with E-state index < -0.39 is 17.5 Å². The van der Waals surface area contributed by atoms with E-state index in [0.29, 0.717) is 11.4 Å². The Labute approximate surface area is 119 Å². The molecule has 0 unspecified atom stereocenters. The Hall–Kier alpha value is -2.94. The highest BCUT2D eigenvalue weighted by molar-refractivity contribution is 6.04. The summed E-state index contributed by atoms with van der Waals surface area (Å²) in [6, 6.07) is 11.1. The number of amides is 1. The minimum Gasteiger partial charge on any atom is -0.479 e. The van der Waals surface area contributed by atoms with Gasteiger partial charge in [-0.3, -0.25) is 4.79 Å². The summed E-state index contributed by atoms with van der Waals surface area (Å²) in [6.07, 6.45) is 0. The van der Waals surface area contributed by atoms with Crippen LogP contribution in [0.4, 0.5) is 14.5 Å². The van der Waals surface area contributed by atoms with Crippen LogP contribution in [0.15, 0.2) is 42.5 Å². The molecule has 0 aromatic heterocycles. The van der Waals surface area contributed by atoms with Crippen LogP contribution in [0.2, 0.25) is 0 Å². The van der Waals surface area contributed by atoms with E-state index in [1.807, 2.05) is 6.07 Å². The van der Waals surface area contributed by atoms with E-state index in [4.69, 9.17) is 10.00 Å². The summed E-state index contributed by atoms with van der Waals surface area (Å²) in [5.41, 5.74) is 0.414. The van der Waals surface area contributed by atoms with Gasteiger partial charge in [-0.15, -0.1) is 0 Å². The minimum atomic E-state index is -1.09. The van der Waals surface area contributed by atoms with Crippen molar-refractivity contribution in [3.05, 3.63) is 59.7 Å². The molecule has 106 valence electrons. The maximum absolute atomic E-state index is 13.1. The van der Waals surface area contributed by atoms with E-state index in [2.05, 4.69) is 5.32 Å². The van der Waals surface area contributed by atoms with E-state index in [-0.39, 0.29) is 12.2 Å². The molecule has 2 rings (SSSR count). The molecule has 0 heterocycles. The summed E-state index contributed by atoms with van der Waals surface area (Å²) in [7, 11) is 0. The molecule has 1 amide bonds. The lowest BCUT2D eigenvalue weighted by atomic mass is 10.2. The molecular weight excluding hydrogens is 278 g/mol. The Morgan fingerprint density at radius 2 is 2.00 bits per heavy atom. The smallest absolute Gasteiger partial charge is 0.255 e. The molecule has 0 radical (unpaired) electrons. The van der Waals surface area contributed by atoms with Crippen molar-refractivity contribution in [3.8, 4) is 11.8 Å². The van der Waals surface area contributed by atoms with Crippen LogP contribution < -0.4 is 10.1 Å². The van der Waals surface area contributed by atoms with E-state index in [0.717, 1.165) is 12.1 Å². The first-order valence-electron chi connectivity index (χ1n) is 5.96. The quantitative estimate of drug-likeness (QED) is 0.940. The number of nitrogens with one attached hydrogen (secondary N) is 1. The van der Waals surface area contributed by atoms with Crippen LogP contribution in [0.1, 0.15) is 10.4 Å². The predicted octanol–water partition coefficient (Wildman–Crippen LogP) is 3.12. The molecule has 0 spiro atoms. The lowest BCUT2D eigenvalue weighted by Crippen LogP contribution is -2.12. The number of rotatable bonds is 4. The third kappa shape index (κ3) is 3.76. The SMILES string of the molecule is N#CCOc1cccc(NC(=O)c2ccc(F)c(F)c2)c1. The topological polar surface area (TPSA) is 62.1 Å². The van der Waals surface area contributed by atoms with Crippen LogP contribution >= 0.6 is 0 Å². The molecule has 0 aliphatic rings. The fraction of sp³-hybridized carbons (Fsp3) is 0.0667. The van der Waals surface area contributed by atoms with Gasteiger partial charge in [-0.05, 0) is 30.3 Å². The van der Waals surface area contributed by atoms with Crippen LogP contribution in [-0.2, 0) is 0 Å². The van der Waals surface area contributed by atoms with Crippen LogP contribution in [-0.4, -0.2) is 12.5 Å². The Morgan fingerprint density at radius 1 is 1.19 bits per heavy atom. The molecule has 0 bridgehead atoms. The molecule has 21 heavy (non-hydrogen) atoms. The van der Waals surface area contributed by atoms with Gasteiger partial charge in [0.15, 0.2) is 18.2 Å². The van der Waals surface area contributed by atoms with E-state index >= 15 is 0 Å². The number of nitriles is 1. The lowest BCUT2D eigenvalue weighted by molar-refractivity contribution is 0.102. The highest BCUT2D eigenvalue weighted by Gasteiger charge is 2.10. The molecule has 2 aromatic carbocycles. The van der Waals surface area contributed by atoms with Crippen LogP contribution in [0.25, 0.3) is 0 Å². The molecule has 1 N–H and O–H groups in total. The molecule has 2 aromatic rings. The summed E-state index contributed by atoms with van der Waals surface area (Å²) >= 11 is 0. The number of hydrogen-bond acceptors (Lipinski definition) is 3. The van der Waals surface area contributed by atoms with E-state index in [1.165, 1.54) is 12.1 Å². The van der Waals surface area contributed by atoms with Crippen LogP contribution in [0, 0.1) is 23.0 Å². The second-order valence-corrected chi connectivity index (χ2v) is 4.06. The van der Waals surface area contributed by atoms with Gasteiger partial charge in [-0.2, -0.15) is 5.26 Å². The molecule has 6 heteroatoms. The molecular formula is C15H10F2N2O2. The zero-order valence-electron chi connectivity index (χ0n) is 10.8. The molecule has 4 nitrogen and oxygen atoms in total. The third-order valence-electron chi connectivity index (χ3n) is 2.58. The summed E-state index contributed by atoms with van der Waals surface area (Å²) in [5, 5.41) is 11.0. The highest BCUT2D eigenvalue weighted by Crippen LogP contribution is 2.18. The molecule has 0 saturated heterocycles. The van der Waals surface area contributed by atoms with Gasteiger partial charge >= 0.3 is 0 Å². The summed E-state index contributed by atoms with van der Waals surface area (Å²) in [4.78, 5) is 11.9. The van der Waals surface area contributed by atoms with E-state index in [1.54, 1.807) is 18.2 Å². The van der Waals surface area contributed by atoms with E-state index in [9.17, 15) is 13.6 Å². The molecule has 0 saturated carbocycles. The second kappa shape index (κ2) is 6.48. The lowest BCUT2D eigenvalue weighted by Gasteiger charge is -2.07. The summed E-state index contributed by atoms with van der Waals surface area (Å²) in [6.45, 7) is -0.111. The summed E-state index contributed by atoms with van der Waals surface area (Å²) in [5.74, 6) is -2.27. The Bertz CT molecular complexity index is 711. The first-order valence-corrected chi connectivity index (χ1v) is 5.96.